The fourth-order valence-corrected chi connectivity index (χ4v) is 3.01. The summed E-state index contributed by atoms with van der Waals surface area (Å²) in [6, 6.07) is 7.34. The van der Waals surface area contributed by atoms with E-state index >= 15 is 0 Å². The Balaban J connectivity index is 2.19. The van der Waals surface area contributed by atoms with Gasteiger partial charge in [-0.3, -0.25) is 0 Å². The Morgan fingerprint density at radius 2 is 2.00 bits per heavy atom. The van der Waals surface area contributed by atoms with Crippen molar-refractivity contribution in [3.8, 4) is 11.5 Å². The van der Waals surface area contributed by atoms with Crippen LogP contribution in [0.1, 0.15) is 10.4 Å². The first kappa shape index (κ1) is 14.8. The van der Waals surface area contributed by atoms with E-state index in [1.54, 1.807) is 13.2 Å². The van der Waals surface area contributed by atoms with Gasteiger partial charge in [0.25, 0.3) is 0 Å². The first-order chi connectivity index (χ1) is 9.13. The predicted octanol–water partition coefficient (Wildman–Crippen LogP) is 5.38. The van der Waals surface area contributed by atoms with E-state index in [-0.39, 0.29) is 0 Å². The lowest BCUT2D eigenvalue weighted by Crippen LogP contribution is -1.97. The molecular formula is C13H11Cl3O2S. The molecule has 0 aliphatic carbocycles. The normalized spacial score (nSPS) is 10.5. The van der Waals surface area contributed by atoms with Crippen molar-refractivity contribution in [3.05, 3.63) is 44.1 Å². The molecule has 6 heteroatoms. The third-order valence-electron chi connectivity index (χ3n) is 2.43. The maximum Gasteiger partial charge on any atom is 0.180 e. The summed E-state index contributed by atoms with van der Waals surface area (Å²) < 4.78 is 11.7. The highest BCUT2D eigenvalue weighted by molar-refractivity contribution is 7.16. The summed E-state index contributed by atoms with van der Waals surface area (Å²) in [4.78, 5) is 1.02. The molecule has 0 spiro atoms. The van der Waals surface area contributed by atoms with E-state index in [0.717, 1.165) is 14.8 Å². The Labute approximate surface area is 130 Å². The van der Waals surface area contributed by atoms with Gasteiger partial charge >= 0.3 is 0 Å². The highest BCUT2D eigenvalue weighted by Gasteiger charge is 2.12. The monoisotopic (exact) mass is 336 g/mol. The SMILES string of the molecule is COc1cc(CCl)cc(Cl)c1OCc1ccc(Cl)s1. The molecule has 1 aromatic heterocycles. The number of hydrogen-bond acceptors (Lipinski definition) is 3. The van der Waals surface area contributed by atoms with Crippen molar-refractivity contribution in [2.45, 2.75) is 12.5 Å². The first-order valence-corrected chi connectivity index (χ1v) is 7.54. The zero-order valence-electron chi connectivity index (χ0n) is 10.1. The van der Waals surface area contributed by atoms with Crippen LogP contribution in [0.3, 0.4) is 0 Å². The Morgan fingerprint density at radius 1 is 1.21 bits per heavy atom. The third-order valence-corrected chi connectivity index (χ3v) is 4.23. The summed E-state index contributed by atoms with van der Waals surface area (Å²) in [7, 11) is 1.57. The predicted molar refractivity (Wildman–Crippen MR) is 81.2 cm³/mol. The van der Waals surface area contributed by atoms with Gasteiger partial charge in [-0.1, -0.05) is 23.2 Å². The van der Waals surface area contributed by atoms with Gasteiger partial charge in [0, 0.05) is 10.8 Å². The van der Waals surface area contributed by atoms with Crippen molar-refractivity contribution in [2.75, 3.05) is 7.11 Å². The molecule has 0 aliphatic heterocycles. The Hall–Kier alpha value is -0.610. The van der Waals surface area contributed by atoms with Gasteiger partial charge in [-0.15, -0.1) is 22.9 Å². The van der Waals surface area contributed by atoms with Crippen LogP contribution < -0.4 is 9.47 Å². The van der Waals surface area contributed by atoms with E-state index in [9.17, 15) is 0 Å². The lowest BCUT2D eigenvalue weighted by molar-refractivity contribution is 0.287. The van der Waals surface area contributed by atoms with Gasteiger partial charge in [0.05, 0.1) is 16.5 Å². The molecule has 0 aliphatic rings. The standard InChI is InChI=1S/C13H11Cl3O2S/c1-17-11-5-8(6-14)4-10(15)13(11)18-7-9-2-3-12(16)19-9/h2-5H,6-7H2,1H3. The van der Waals surface area contributed by atoms with Crippen molar-refractivity contribution < 1.29 is 9.47 Å². The molecule has 0 saturated carbocycles. The minimum atomic E-state index is 0.372. The molecule has 19 heavy (non-hydrogen) atoms. The van der Waals surface area contributed by atoms with Crippen LogP contribution in [0.4, 0.5) is 0 Å². The number of benzene rings is 1. The molecule has 0 amide bonds. The topological polar surface area (TPSA) is 18.5 Å². The molecule has 1 heterocycles. The highest BCUT2D eigenvalue weighted by Crippen LogP contribution is 2.37. The zero-order chi connectivity index (χ0) is 13.8. The van der Waals surface area contributed by atoms with Gasteiger partial charge in [0.2, 0.25) is 0 Å². The lowest BCUT2D eigenvalue weighted by Gasteiger charge is -2.13. The molecule has 0 atom stereocenters. The van der Waals surface area contributed by atoms with E-state index in [2.05, 4.69) is 0 Å². The second kappa shape index (κ2) is 6.71. The number of methoxy groups -OCH3 is 1. The van der Waals surface area contributed by atoms with E-state index in [1.165, 1.54) is 11.3 Å². The number of alkyl halides is 1. The number of hydrogen-bond donors (Lipinski definition) is 0. The molecule has 2 rings (SSSR count). The van der Waals surface area contributed by atoms with E-state index in [0.29, 0.717) is 29.0 Å². The molecule has 2 aromatic rings. The molecule has 102 valence electrons. The second-order valence-electron chi connectivity index (χ2n) is 3.74. The quantitative estimate of drug-likeness (QED) is 0.682. The van der Waals surface area contributed by atoms with Crippen molar-refractivity contribution in [3.63, 3.8) is 0 Å². The number of halogens is 3. The van der Waals surface area contributed by atoms with Crippen molar-refractivity contribution in [1.29, 1.82) is 0 Å². The van der Waals surface area contributed by atoms with Crippen LogP contribution in [0.25, 0.3) is 0 Å². The summed E-state index contributed by atoms with van der Waals surface area (Å²) >= 11 is 19.3. The minimum Gasteiger partial charge on any atom is -0.493 e. The average molecular weight is 338 g/mol. The molecular weight excluding hydrogens is 327 g/mol. The molecule has 0 unspecified atom stereocenters. The molecule has 1 aromatic carbocycles. The molecule has 0 bridgehead atoms. The van der Waals surface area contributed by atoms with Crippen LogP contribution >= 0.6 is 46.1 Å². The fraction of sp³-hybridized carbons (Fsp3) is 0.231. The molecule has 0 saturated heterocycles. The third kappa shape index (κ3) is 3.69. The first-order valence-electron chi connectivity index (χ1n) is 5.43. The Kier molecular flexibility index (Phi) is 5.22. The molecule has 0 radical (unpaired) electrons. The maximum absolute atomic E-state index is 6.18. The summed E-state index contributed by atoms with van der Waals surface area (Å²) in [6.45, 7) is 0.397. The smallest absolute Gasteiger partial charge is 0.180 e. The minimum absolute atomic E-state index is 0.372. The van der Waals surface area contributed by atoms with Gasteiger partial charge in [-0.25, -0.2) is 0 Å². The Morgan fingerprint density at radius 3 is 2.58 bits per heavy atom. The fourth-order valence-electron chi connectivity index (χ4n) is 1.56. The Bertz CT molecular complexity index is 569. The van der Waals surface area contributed by atoms with Crippen molar-refractivity contribution in [2.24, 2.45) is 0 Å². The van der Waals surface area contributed by atoms with Crippen LogP contribution in [0, 0.1) is 0 Å². The summed E-state index contributed by atoms with van der Waals surface area (Å²) in [5.74, 6) is 1.46. The van der Waals surface area contributed by atoms with Crippen LogP contribution in [0.2, 0.25) is 9.36 Å². The largest absolute Gasteiger partial charge is 0.493 e. The van der Waals surface area contributed by atoms with E-state index < -0.39 is 0 Å². The van der Waals surface area contributed by atoms with Crippen LogP contribution in [-0.4, -0.2) is 7.11 Å². The maximum atomic E-state index is 6.18. The van der Waals surface area contributed by atoms with Gasteiger partial charge < -0.3 is 9.47 Å². The number of rotatable bonds is 5. The lowest BCUT2D eigenvalue weighted by atomic mass is 10.2. The van der Waals surface area contributed by atoms with E-state index in [1.807, 2.05) is 18.2 Å². The summed E-state index contributed by atoms with van der Waals surface area (Å²) in [5, 5.41) is 0.484. The molecule has 2 nitrogen and oxygen atoms in total. The van der Waals surface area contributed by atoms with Crippen LogP contribution in [0.15, 0.2) is 24.3 Å². The molecule has 0 fully saturated rings. The van der Waals surface area contributed by atoms with Gasteiger partial charge in [-0.2, -0.15) is 0 Å². The van der Waals surface area contributed by atoms with Gasteiger partial charge in [0.1, 0.15) is 6.61 Å². The van der Waals surface area contributed by atoms with E-state index in [4.69, 9.17) is 44.3 Å². The van der Waals surface area contributed by atoms with Crippen molar-refractivity contribution in [1.82, 2.24) is 0 Å². The number of ether oxygens (including phenoxy) is 2. The zero-order valence-corrected chi connectivity index (χ0v) is 13.2. The van der Waals surface area contributed by atoms with Crippen LogP contribution in [-0.2, 0) is 12.5 Å². The second-order valence-corrected chi connectivity index (χ2v) is 6.21. The average Bonchev–Trinajstić information content (AvgIpc) is 2.82. The van der Waals surface area contributed by atoms with Gasteiger partial charge in [-0.05, 0) is 29.8 Å². The molecule has 0 N–H and O–H groups in total. The van der Waals surface area contributed by atoms with Gasteiger partial charge in [0.15, 0.2) is 11.5 Å². The number of thiophene rings is 1. The van der Waals surface area contributed by atoms with Crippen molar-refractivity contribution >= 4 is 46.1 Å². The van der Waals surface area contributed by atoms with Crippen LogP contribution in [0.5, 0.6) is 11.5 Å². The summed E-state index contributed by atoms with van der Waals surface area (Å²) in [6.07, 6.45) is 0. The summed E-state index contributed by atoms with van der Waals surface area (Å²) in [5.41, 5.74) is 0.884. The highest BCUT2D eigenvalue weighted by atomic mass is 35.5.